The zero-order valence-electron chi connectivity index (χ0n) is 18.9. The molecule has 1 unspecified atom stereocenters. The van der Waals surface area contributed by atoms with Gasteiger partial charge in [0.05, 0.1) is 15.4 Å². The molecule has 34 heavy (non-hydrogen) atoms. The molecule has 1 atom stereocenters. The maximum absolute atomic E-state index is 14.0. The van der Waals surface area contributed by atoms with Crippen molar-refractivity contribution >= 4 is 27.3 Å². The van der Waals surface area contributed by atoms with Crippen molar-refractivity contribution in [1.82, 2.24) is 9.21 Å². The van der Waals surface area contributed by atoms with Gasteiger partial charge in [0.1, 0.15) is 11.5 Å². The molecule has 2 saturated heterocycles. The minimum atomic E-state index is -3.83. The molecule has 4 rings (SSSR count). The molecule has 0 bridgehead atoms. The van der Waals surface area contributed by atoms with Crippen LogP contribution in [0.1, 0.15) is 30.1 Å². The van der Waals surface area contributed by atoms with Crippen molar-refractivity contribution in [3.05, 3.63) is 64.0 Å². The van der Waals surface area contributed by atoms with Crippen molar-refractivity contribution in [2.45, 2.75) is 24.7 Å². The van der Waals surface area contributed by atoms with E-state index in [1.807, 2.05) is 6.92 Å². The summed E-state index contributed by atoms with van der Waals surface area (Å²) in [6.45, 7) is 3.92. The molecule has 182 valence electrons. The van der Waals surface area contributed by atoms with E-state index < -0.39 is 26.7 Å². The fraction of sp³-hybridized carbons (Fsp3) is 0.435. The lowest BCUT2D eigenvalue weighted by molar-refractivity contribution is -0.384. The van der Waals surface area contributed by atoms with Crippen LogP contribution in [0.4, 0.5) is 15.8 Å². The van der Waals surface area contributed by atoms with E-state index in [4.69, 9.17) is 0 Å². The molecule has 2 aliphatic rings. The zero-order valence-corrected chi connectivity index (χ0v) is 19.7. The largest absolute Gasteiger partial charge is 0.362 e. The van der Waals surface area contributed by atoms with E-state index in [9.17, 15) is 27.7 Å². The van der Waals surface area contributed by atoms with Crippen LogP contribution in [0.25, 0.3) is 0 Å². The van der Waals surface area contributed by atoms with E-state index in [1.54, 1.807) is 11.0 Å². The Morgan fingerprint density at radius 3 is 2.44 bits per heavy atom. The number of amides is 1. The van der Waals surface area contributed by atoms with Crippen molar-refractivity contribution in [2.24, 2.45) is 5.92 Å². The second-order valence-corrected chi connectivity index (χ2v) is 10.7. The molecule has 9 nitrogen and oxygen atoms in total. The Bertz CT molecular complexity index is 1200. The Morgan fingerprint density at radius 1 is 1.09 bits per heavy atom. The SMILES string of the molecule is CC1CCCN(S(=O)(=O)c2ccc(N3CCN(C(=O)c4ccccc4F)CC3)c([N+](=O)[O-])c2)C1. The highest BCUT2D eigenvalue weighted by Gasteiger charge is 2.32. The number of nitrogens with zero attached hydrogens (tertiary/aromatic N) is 4. The fourth-order valence-corrected chi connectivity index (χ4v) is 6.17. The molecule has 0 aliphatic carbocycles. The van der Waals surface area contributed by atoms with E-state index in [2.05, 4.69) is 0 Å². The van der Waals surface area contributed by atoms with E-state index in [0.29, 0.717) is 31.9 Å². The number of carbonyl (C=O) groups is 1. The minimum Gasteiger partial charge on any atom is -0.362 e. The van der Waals surface area contributed by atoms with Crippen LogP contribution in [0.5, 0.6) is 0 Å². The molecule has 0 aromatic heterocycles. The highest BCUT2D eigenvalue weighted by molar-refractivity contribution is 7.89. The average Bonchev–Trinajstić information content (AvgIpc) is 2.83. The first-order chi connectivity index (χ1) is 16.2. The number of anilines is 1. The van der Waals surface area contributed by atoms with Gasteiger partial charge in [-0.2, -0.15) is 4.31 Å². The summed E-state index contributed by atoms with van der Waals surface area (Å²) in [5, 5.41) is 11.8. The Kier molecular flexibility index (Phi) is 6.85. The summed E-state index contributed by atoms with van der Waals surface area (Å²) in [5.41, 5.74) is -0.00233. The number of rotatable bonds is 5. The standard InChI is InChI=1S/C23H27FN4O5S/c1-17-5-4-10-27(16-17)34(32,33)18-8-9-21(22(15-18)28(30)31)25-11-13-26(14-12-25)23(29)19-6-2-3-7-20(19)24/h2-3,6-9,15,17H,4-5,10-14,16H2,1H3. The van der Waals surface area contributed by atoms with E-state index >= 15 is 0 Å². The van der Waals surface area contributed by atoms with Gasteiger partial charge in [-0.25, -0.2) is 12.8 Å². The van der Waals surface area contributed by atoms with Crippen LogP contribution in [0.15, 0.2) is 47.4 Å². The highest BCUT2D eigenvalue weighted by Crippen LogP contribution is 2.33. The second-order valence-electron chi connectivity index (χ2n) is 8.78. The Morgan fingerprint density at radius 2 is 1.79 bits per heavy atom. The van der Waals surface area contributed by atoms with E-state index in [0.717, 1.165) is 18.9 Å². The molecule has 0 saturated carbocycles. The first-order valence-electron chi connectivity index (χ1n) is 11.3. The molecule has 2 aromatic rings. The molecule has 0 spiro atoms. The van der Waals surface area contributed by atoms with Gasteiger partial charge in [0.25, 0.3) is 11.6 Å². The fourth-order valence-electron chi connectivity index (χ4n) is 4.55. The number of halogens is 1. The van der Waals surface area contributed by atoms with Gasteiger partial charge < -0.3 is 9.80 Å². The number of nitro benzene ring substituents is 1. The molecule has 11 heteroatoms. The zero-order chi connectivity index (χ0) is 24.5. The summed E-state index contributed by atoms with van der Waals surface area (Å²) in [6.07, 6.45) is 1.72. The van der Waals surface area contributed by atoms with Gasteiger partial charge in [0.15, 0.2) is 0 Å². The molecule has 2 fully saturated rings. The predicted octanol–water partition coefficient (Wildman–Crippen LogP) is 3.12. The lowest BCUT2D eigenvalue weighted by atomic mass is 10.0. The summed E-state index contributed by atoms with van der Waals surface area (Å²) >= 11 is 0. The highest BCUT2D eigenvalue weighted by atomic mass is 32.2. The monoisotopic (exact) mass is 490 g/mol. The van der Waals surface area contributed by atoms with Crippen LogP contribution in [0, 0.1) is 21.8 Å². The van der Waals surface area contributed by atoms with Gasteiger partial charge in [-0.05, 0) is 43.0 Å². The number of carbonyl (C=O) groups excluding carboxylic acids is 1. The number of piperazine rings is 1. The van der Waals surface area contributed by atoms with Gasteiger partial charge in [-0.15, -0.1) is 0 Å². The second kappa shape index (κ2) is 9.67. The third kappa shape index (κ3) is 4.76. The summed E-state index contributed by atoms with van der Waals surface area (Å²) in [4.78, 5) is 27.1. The van der Waals surface area contributed by atoms with Gasteiger partial charge in [-0.1, -0.05) is 19.1 Å². The maximum atomic E-state index is 14.0. The lowest BCUT2D eigenvalue weighted by Gasteiger charge is -2.36. The number of hydrogen-bond donors (Lipinski definition) is 0. The molecule has 0 N–H and O–H groups in total. The quantitative estimate of drug-likeness (QED) is 0.471. The Labute approximate surface area is 198 Å². The molecule has 2 aliphatic heterocycles. The van der Waals surface area contributed by atoms with Crippen molar-refractivity contribution in [3.8, 4) is 0 Å². The predicted molar refractivity (Wildman–Crippen MR) is 125 cm³/mol. The maximum Gasteiger partial charge on any atom is 0.293 e. The van der Waals surface area contributed by atoms with Crippen molar-refractivity contribution in [3.63, 3.8) is 0 Å². The first kappa shape index (κ1) is 24.1. The minimum absolute atomic E-state index is 0.0106. The van der Waals surface area contributed by atoms with Crippen LogP contribution in [0.3, 0.4) is 0 Å². The summed E-state index contributed by atoms with van der Waals surface area (Å²) in [7, 11) is -3.83. The topological polar surface area (TPSA) is 104 Å². The molecular formula is C23H27FN4O5S. The molecule has 0 radical (unpaired) electrons. The average molecular weight is 491 g/mol. The van der Waals surface area contributed by atoms with Crippen molar-refractivity contribution < 1.29 is 22.5 Å². The van der Waals surface area contributed by atoms with Gasteiger partial charge >= 0.3 is 0 Å². The molecular weight excluding hydrogens is 463 g/mol. The van der Waals surface area contributed by atoms with Crippen LogP contribution < -0.4 is 4.90 Å². The van der Waals surface area contributed by atoms with Crippen molar-refractivity contribution in [1.29, 1.82) is 0 Å². The van der Waals surface area contributed by atoms with E-state index in [-0.39, 0.29) is 35.2 Å². The number of hydrogen-bond acceptors (Lipinski definition) is 6. The summed E-state index contributed by atoms with van der Waals surface area (Å²) < 4.78 is 41.6. The summed E-state index contributed by atoms with van der Waals surface area (Å²) in [5.74, 6) is -0.781. The number of sulfonamides is 1. The van der Waals surface area contributed by atoms with E-state index in [1.165, 1.54) is 39.5 Å². The normalized spacial score (nSPS) is 19.8. The molecule has 2 aromatic carbocycles. The van der Waals surface area contributed by atoms with Gasteiger partial charge in [0, 0.05) is 45.3 Å². The van der Waals surface area contributed by atoms with Crippen LogP contribution in [-0.2, 0) is 10.0 Å². The Balaban J connectivity index is 1.52. The number of nitro groups is 1. The molecule has 1 amide bonds. The third-order valence-corrected chi connectivity index (χ3v) is 8.27. The first-order valence-corrected chi connectivity index (χ1v) is 12.7. The number of piperidine rings is 1. The van der Waals surface area contributed by atoms with Crippen LogP contribution in [0.2, 0.25) is 0 Å². The van der Waals surface area contributed by atoms with Gasteiger partial charge in [-0.3, -0.25) is 14.9 Å². The van der Waals surface area contributed by atoms with Crippen LogP contribution >= 0.6 is 0 Å². The summed E-state index contributed by atoms with van der Waals surface area (Å²) in [6, 6.07) is 9.76. The van der Waals surface area contributed by atoms with Crippen LogP contribution in [-0.4, -0.2) is 67.7 Å². The lowest BCUT2D eigenvalue weighted by Crippen LogP contribution is -2.49. The smallest absolute Gasteiger partial charge is 0.293 e. The van der Waals surface area contributed by atoms with Gasteiger partial charge in [0.2, 0.25) is 10.0 Å². The van der Waals surface area contributed by atoms with Crippen molar-refractivity contribution in [2.75, 3.05) is 44.2 Å². The molecule has 2 heterocycles. The third-order valence-electron chi connectivity index (χ3n) is 6.41. The Hall–Kier alpha value is -3.05. The number of benzene rings is 2.